The molecular weight excluding hydrogens is 166 g/mol. The number of rotatable bonds is 4. The molecule has 0 aliphatic rings. The average Bonchev–Trinajstić information content (AvgIpc) is 1.83. The number of aliphatic carboxylic acids is 1. The smallest absolute Gasteiger partial charge is 0.0780 e. The molecular formula is C10H23NO2. The zero-order chi connectivity index (χ0) is 10.9. The SMILES string of the molecule is CC(=O)[O-].CCCCC[N+](C)(C)C. The van der Waals surface area contributed by atoms with E-state index in [-0.39, 0.29) is 0 Å². The number of carboxylic acids is 1. The first-order valence-electron chi connectivity index (χ1n) is 4.77. The zero-order valence-corrected chi connectivity index (χ0v) is 9.59. The van der Waals surface area contributed by atoms with Crippen LogP contribution in [-0.4, -0.2) is 38.1 Å². The Bertz CT molecular complexity index is 123. The van der Waals surface area contributed by atoms with Crippen molar-refractivity contribution >= 4 is 5.97 Å². The van der Waals surface area contributed by atoms with Crippen LogP contribution in [0.25, 0.3) is 0 Å². The summed E-state index contributed by atoms with van der Waals surface area (Å²) in [7, 11) is 6.74. The Morgan fingerprint density at radius 1 is 1.23 bits per heavy atom. The van der Waals surface area contributed by atoms with Gasteiger partial charge in [0.2, 0.25) is 0 Å². The molecule has 0 radical (unpaired) electrons. The second-order valence-corrected chi connectivity index (χ2v) is 4.21. The van der Waals surface area contributed by atoms with Crippen LogP contribution < -0.4 is 5.11 Å². The highest BCUT2D eigenvalue weighted by molar-refractivity contribution is 5.60. The molecule has 0 heterocycles. The third kappa shape index (κ3) is 34.5. The molecule has 0 amide bonds. The van der Waals surface area contributed by atoms with E-state index in [0.717, 1.165) is 11.4 Å². The molecule has 0 aliphatic carbocycles. The Morgan fingerprint density at radius 3 is 1.85 bits per heavy atom. The van der Waals surface area contributed by atoms with Crippen molar-refractivity contribution in [1.29, 1.82) is 0 Å². The van der Waals surface area contributed by atoms with Gasteiger partial charge in [-0.15, -0.1) is 0 Å². The highest BCUT2D eigenvalue weighted by Gasteiger charge is 2.03. The van der Waals surface area contributed by atoms with E-state index < -0.39 is 5.97 Å². The highest BCUT2D eigenvalue weighted by Crippen LogP contribution is 1.98. The van der Waals surface area contributed by atoms with Gasteiger partial charge >= 0.3 is 0 Å². The second kappa shape index (κ2) is 8.05. The summed E-state index contributed by atoms with van der Waals surface area (Å²) in [4.78, 5) is 8.89. The van der Waals surface area contributed by atoms with E-state index in [1.165, 1.54) is 25.8 Å². The van der Waals surface area contributed by atoms with Gasteiger partial charge in [-0.05, 0) is 19.8 Å². The lowest BCUT2D eigenvalue weighted by Crippen LogP contribution is -2.35. The lowest BCUT2D eigenvalue weighted by Gasteiger charge is -2.23. The van der Waals surface area contributed by atoms with E-state index in [0.29, 0.717) is 0 Å². The number of hydrogen-bond acceptors (Lipinski definition) is 2. The standard InChI is InChI=1S/C8H20N.C2H4O2/c1-5-6-7-8-9(2,3)4;1-2(3)4/h5-8H2,1-4H3;1H3,(H,3,4)/q+1;/p-1. The first-order valence-corrected chi connectivity index (χ1v) is 4.77. The van der Waals surface area contributed by atoms with E-state index in [4.69, 9.17) is 9.90 Å². The number of nitrogens with zero attached hydrogens (tertiary/aromatic N) is 1. The second-order valence-electron chi connectivity index (χ2n) is 4.21. The van der Waals surface area contributed by atoms with Crippen molar-refractivity contribution in [3.63, 3.8) is 0 Å². The Hall–Kier alpha value is -0.570. The summed E-state index contributed by atoms with van der Waals surface area (Å²) < 4.78 is 1.11. The molecule has 0 aromatic heterocycles. The van der Waals surface area contributed by atoms with Gasteiger partial charge in [-0.1, -0.05) is 13.3 Å². The van der Waals surface area contributed by atoms with Gasteiger partial charge < -0.3 is 14.4 Å². The number of carbonyl (C=O) groups excluding carboxylic acids is 1. The summed E-state index contributed by atoms with van der Waals surface area (Å²) in [5.74, 6) is -1.08. The van der Waals surface area contributed by atoms with Gasteiger partial charge in [-0.2, -0.15) is 0 Å². The molecule has 0 fully saturated rings. The van der Waals surface area contributed by atoms with Crippen LogP contribution in [0.3, 0.4) is 0 Å². The molecule has 13 heavy (non-hydrogen) atoms. The lowest BCUT2D eigenvalue weighted by atomic mass is 10.2. The van der Waals surface area contributed by atoms with Crippen LogP contribution in [0.2, 0.25) is 0 Å². The van der Waals surface area contributed by atoms with Gasteiger partial charge in [0.05, 0.1) is 27.7 Å². The maximum Gasteiger partial charge on any atom is 0.0780 e. The van der Waals surface area contributed by atoms with Crippen LogP contribution in [0.4, 0.5) is 0 Å². The maximum atomic E-state index is 8.89. The summed E-state index contributed by atoms with van der Waals surface area (Å²) in [5.41, 5.74) is 0. The first kappa shape index (κ1) is 14.9. The zero-order valence-electron chi connectivity index (χ0n) is 9.59. The Balaban J connectivity index is 0. The molecule has 0 spiro atoms. The molecule has 0 saturated carbocycles. The molecule has 0 bridgehead atoms. The minimum absolute atomic E-state index is 0.972. The molecule has 0 rings (SSSR count). The van der Waals surface area contributed by atoms with Crippen molar-refractivity contribution in [3.8, 4) is 0 Å². The van der Waals surface area contributed by atoms with Crippen LogP contribution in [0.1, 0.15) is 33.1 Å². The summed E-state index contributed by atoms with van der Waals surface area (Å²) in [6.45, 7) is 4.53. The third-order valence-corrected chi connectivity index (χ3v) is 1.43. The van der Waals surface area contributed by atoms with Crippen molar-refractivity contribution in [1.82, 2.24) is 0 Å². The summed E-state index contributed by atoms with van der Waals surface area (Å²) >= 11 is 0. The highest BCUT2D eigenvalue weighted by atomic mass is 16.4. The molecule has 3 heteroatoms. The Kier molecular flexibility index (Phi) is 9.24. The van der Waals surface area contributed by atoms with Gasteiger partial charge in [-0.3, -0.25) is 0 Å². The van der Waals surface area contributed by atoms with Crippen molar-refractivity contribution in [2.75, 3.05) is 27.7 Å². The molecule has 0 unspecified atom stereocenters. The normalized spacial score (nSPS) is 10.2. The molecule has 0 N–H and O–H groups in total. The fraction of sp³-hybridized carbons (Fsp3) is 0.900. The van der Waals surface area contributed by atoms with Gasteiger partial charge in [0.1, 0.15) is 0 Å². The summed E-state index contributed by atoms with van der Waals surface area (Å²) in [5, 5.41) is 8.89. The molecule has 0 saturated heterocycles. The van der Waals surface area contributed by atoms with Crippen molar-refractivity contribution in [2.24, 2.45) is 0 Å². The molecule has 0 atom stereocenters. The maximum absolute atomic E-state index is 8.89. The van der Waals surface area contributed by atoms with Crippen LogP contribution >= 0.6 is 0 Å². The monoisotopic (exact) mass is 189 g/mol. The van der Waals surface area contributed by atoms with Gasteiger partial charge in [0, 0.05) is 5.97 Å². The minimum atomic E-state index is -1.08. The minimum Gasteiger partial charge on any atom is -0.550 e. The predicted octanol–water partition coefficient (Wildman–Crippen LogP) is 0.639. The largest absolute Gasteiger partial charge is 0.550 e. The average molecular weight is 189 g/mol. The quantitative estimate of drug-likeness (QED) is 0.481. The van der Waals surface area contributed by atoms with Crippen molar-refractivity contribution in [3.05, 3.63) is 0 Å². The molecule has 3 nitrogen and oxygen atoms in total. The Morgan fingerprint density at radius 2 is 1.62 bits per heavy atom. The Labute approximate surface area is 82.0 Å². The number of quaternary nitrogens is 1. The summed E-state index contributed by atoms with van der Waals surface area (Å²) in [6, 6.07) is 0. The van der Waals surface area contributed by atoms with E-state index in [1.807, 2.05) is 0 Å². The summed E-state index contributed by atoms with van der Waals surface area (Å²) in [6.07, 6.45) is 4.09. The van der Waals surface area contributed by atoms with Crippen molar-refractivity contribution < 1.29 is 14.4 Å². The van der Waals surface area contributed by atoms with Crippen LogP contribution in [0.15, 0.2) is 0 Å². The van der Waals surface area contributed by atoms with E-state index in [1.54, 1.807) is 0 Å². The van der Waals surface area contributed by atoms with Gasteiger partial charge in [0.25, 0.3) is 0 Å². The first-order chi connectivity index (χ1) is 5.79. The van der Waals surface area contributed by atoms with Crippen LogP contribution in [0, 0.1) is 0 Å². The third-order valence-electron chi connectivity index (χ3n) is 1.43. The van der Waals surface area contributed by atoms with E-state index >= 15 is 0 Å². The number of hydrogen-bond donors (Lipinski definition) is 0. The van der Waals surface area contributed by atoms with Gasteiger partial charge in [-0.25, -0.2) is 0 Å². The molecule has 80 valence electrons. The van der Waals surface area contributed by atoms with Crippen LogP contribution in [-0.2, 0) is 4.79 Å². The molecule has 0 aromatic rings. The predicted molar refractivity (Wildman–Crippen MR) is 53.1 cm³/mol. The fourth-order valence-corrected chi connectivity index (χ4v) is 0.836. The van der Waals surface area contributed by atoms with Crippen LogP contribution in [0.5, 0.6) is 0 Å². The number of carboxylic acid groups (broad SMARTS) is 1. The topological polar surface area (TPSA) is 40.1 Å². The number of unbranched alkanes of at least 4 members (excludes halogenated alkanes) is 2. The van der Waals surface area contributed by atoms with E-state index in [9.17, 15) is 0 Å². The fourth-order valence-electron chi connectivity index (χ4n) is 0.836. The van der Waals surface area contributed by atoms with Gasteiger partial charge in [0.15, 0.2) is 0 Å². The number of carbonyl (C=O) groups is 1. The molecule has 0 aromatic carbocycles. The van der Waals surface area contributed by atoms with E-state index in [2.05, 4.69) is 28.1 Å². The molecule has 0 aliphatic heterocycles. The lowest BCUT2D eigenvalue weighted by molar-refractivity contribution is -0.870. The van der Waals surface area contributed by atoms with Crippen molar-refractivity contribution in [2.45, 2.75) is 33.1 Å².